The van der Waals surface area contributed by atoms with Crippen molar-refractivity contribution in [2.75, 3.05) is 20.3 Å². The zero-order valence-electron chi connectivity index (χ0n) is 15.3. The van der Waals surface area contributed by atoms with Crippen molar-refractivity contribution in [3.8, 4) is 17.6 Å². The highest BCUT2D eigenvalue weighted by Crippen LogP contribution is 2.39. The molecular formula is C20H26N2O4. The lowest BCUT2D eigenvalue weighted by Crippen LogP contribution is -2.44. The van der Waals surface area contributed by atoms with Crippen LogP contribution in [0.2, 0.25) is 0 Å². The van der Waals surface area contributed by atoms with E-state index in [1.165, 1.54) is 13.5 Å². The van der Waals surface area contributed by atoms with Gasteiger partial charge in [-0.05, 0) is 42.4 Å². The van der Waals surface area contributed by atoms with Crippen LogP contribution in [0.5, 0.6) is 5.75 Å². The molecule has 6 nitrogen and oxygen atoms in total. The summed E-state index contributed by atoms with van der Waals surface area (Å²) in [6, 6.07) is 6.66. The normalized spacial score (nSPS) is 18.9. The fourth-order valence-corrected chi connectivity index (χ4v) is 2.49. The van der Waals surface area contributed by atoms with Gasteiger partial charge in [-0.15, -0.1) is 0 Å². The molecule has 1 amide bonds. The molecule has 0 heterocycles. The summed E-state index contributed by atoms with van der Waals surface area (Å²) in [6.45, 7) is 2.44. The predicted octanol–water partition coefficient (Wildman–Crippen LogP) is 1.27. The maximum absolute atomic E-state index is 11.8. The first-order valence-electron chi connectivity index (χ1n) is 8.77. The standard InChI is InChI=1S/C20H26N2O4/c1-14-11-16(14)5-3-4-10-26-17-8-6-15(7-9-17)12-18(21)20(24)22-13-19(23)25-2/h6-9,14,16,18H,5,10-13,21H2,1-2H3,(H,22,24)/t14?,16-,18-/m0/s1. The molecule has 1 aromatic rings. The van der Waals surface area contributed by atoms with Gasteiger partial charge in [0.2, 0.25) is 5.91 Å². The number of nitrogens with one attached hydrogen (secondary N) is 1. The average molecular weight is 358 g/mol. The molecule has 1 aliphatic rings. The van der Waals surface area contributed by atoms with E-state index in [1.807, 2.05) is 24.3 Å². The van der Waals surface area contributed by atoms with E-state index in [0.29, 0.717) is 13.0 Å². The van der Waals surface area contributed by atoms with E-state index >= 15 is 0 Å². The largest absolute Gasteiger partial charge is 0.481 e. The third-order valence-corrected chi connectivity index (χ3v) is 4.43. The zero-order chi connectivity index (χ0) is 18.9. The second-order valence-corrected chi connectivity index (χ2v) is 6.57. The summed E-state index contributed by atoms with van der Waals surface area (Å²) in [5.41, 5.74) is 6.76. The minimum absolute atomic E-state index is 0.184. The molecule has 0 saturated heterocycles. The molecule has 1 fully saturated rings. The van der Waals surface area contributed by atoms with Crippen LogP contribution in [0.15, 0.2) is 24.3 Å². The number of amides is 1. The molecule has 6 heteroatoms. The quantitative estimate of drug-likeness (QED) is 0.540. The SMILES string of the molecule is COC(=O)CNC(=O)[C@@H](N)Cc1ccc(OCC#CC[C@H]2CC2C)cc1. The molecule has 0 aromatic heterocycles. The maximum atomic E-state index is 11.8. The highest BCUT2D eigenvalue weighted by molar-refractivity contribution is 5.85. The maximum Gasteiger partial charge on any atom is 0.325 e. The first kappa shape index (κ1) is 19.8. The number of methoxy groups -OCH3 is 1. The Balaban J connectivity index is 1.70. The van der Waals surface area contributed by atoms with Gasteiger partial charge in [-0.1, -0.05) is 30.9 Å². The Hall–Kier alpha value is -2.52. The van der Waals surface area contributed by atoms with Gasteiger partial charge in [0.15, 0.2) is 0 Å². The Morgan fingerprint density at radius 3 is 2.62 bits per heavy atom. The van der Waals surface area contributed by atoms with Gasteiger partial charge in [-0.3, -0.25) is 9.59 Å². The second-order valence-electron chi connectivity index (χ2n) is 6.57. The zero-order valence-corrected chi connectivity index (χ0v) is 15.3. The lowest BCUT2D eigenvalue weighted by atomic mass is 10.1. The second kappa shape index (κ2) is 9.83. The first-order chi connectivity index (χ1) is 12.5. The molecule has 1 unspecified atom stereocenters. The summed E-state index contributed by atoms with van der Waals surface area (Å²) in [6.07, 6.45) is 2.62. The van der Waals surface area contributed by atoms with E-state index in [-0.39, 0.29) is 6.54 Å². The molecule has 0 spiro atoms. The van der Waals surface area contributed by atoms with Crippen LogP contribution < -0.4 is 15.8 Å². The number of ether oxygens (including phenoxy) is 2. The fraction of sp³-hybridized carbons (Fsp3) is 0.500. The average Bonchev–Trinajstić information content (AvgIpc) is 3.35. The monoisotopic (exact) mass is 358 g/mol. The van der Waals surface area contributed by atoms with Crippen LogP contribution >= 0.6 is 0 Å². The Labute approximate surface area is 154 Å². The Morgan fingerprint density at radius 2 is 2.00 bits per heavy atom. The van der Waals surface area contributed by atoms with Crippen LogP contribution in [0.3, 0.4) is 0 Å². The van der Waals surface area contributed by atoms with Crippen molar-refractivity contribution in [2.24, 2.45) is 17.6 Å². The third kappa shape index (κ3) is 6.77. The molecule has 140 valence electrons. The van der Waals surface area contributed by atoms with Gasteiger partial charge in [0.25, 0.3) is 0 Å². The van der Waals surface area contributed by atoms with Crippen LogP contribution in [0.4, 0.5) is 0 Å². The van der Waals surface area contributed by atoms with Crippen molar-refractivity contribution in [1.29, 1.82) is 0 Å². The molecule has 0 radical (unpaired) electrons. The van der Waals surface area contributed by atoms with Gasteiger partial charge in [0, 0.05) is 6.42 Å². The Kier molecular flexibility index (Phi) is 7.49. The van der Waals surface area contributed by atoms with Crippen molar-refractivity contribution in [3.05, 3.63) is 29.8 Å². The summed E-state index contributed by atoms with van der Waals surface area (Å²) in [4.78, 5) is 22.8. The van der Waals surface area contributed by atoms with E-state index in [0.717, 1.165) is 29.6 Å². The van der Waals surface area contributed by atoms with Gasteiger partial charge < -0.3 is 20.5 Å². The molecule has 26 heavy (non-hydrogen) atoms. The van der Waals surface area contributed by atoms with E-state index < -0.39 is 17.9 Å². The summed E-state index contributed by atoms with van der Waals surface area (Å²) in [7, 11) is 1.26. The summed E-state index contributed by atoms with van der Waals surface area (Å²) in [5.74, 6) is 7.61. The predicted molar refractivity (Wildman–Crippen MR) is 98.3 cm³/mol. The van der Waals surface area contributed by atoms with Crippen LogP contribution in [0.25, 0.3) is 0 Å². The third-order valence-electron chi connectivity index (χ3n) is 4.43. The smallest absolute Gasteiger partial charge is 0.325 e. The highest BCUT2D eigenvalue weighted by atomic mass is 16.5. The molecule has 2 rings (SSSR count). The van der Waals surface area contributed by atoms with E-state index in [2.05, 4.69) is 28.8 Å². The summed E-state index contributed by atoms with van der Waals surface area (Å²) in [5, 5.41) is 2.44. The van der Waals surface area contributed by atoms with E-state index in [1.54, 1.807) is 0 Å². The van der Waals surface area contributed by atoms with Crippen molar-refractivity contribution < 1.29 is 19.1 Å². The van der Waals surface area contributed by atoms with Gasteiger partial charge in [-0.25, -0.2) is 0 Å². The highest BCUT2D eigenvalue weighted by Gasteiger charge is 2.31. The molecular weight excluding hydrogens is 332 g/mol. The molecule has 3 atom stereocenters. The van der Waals surface area contributed by atoms with Crippen molar-refractivity contribution in [2.45, 2.75) is 32.2 Å². The molecule has 1 aromatic carbocycles. The lowest BCUT2D eigenvalue weighted by Gasteiger charge is -2.12. The van der Waals surface area contributed by atoms with E-state index in [4.69, 9.17) is 10.5 Å². The Bertz CT molecular complexity index is 675. The molecule has 3 N–H and O–H groups in total. The van der Waals surface area contributed by atoms with Crippen molar-refractivity contribution in [3.63, 3.8) is 0 Å². The number of hydrogen-bond acceptors (Lipinski definition) is 5. The van der Waals surface area contributed by atoms with Gasteiger partial charge >= 0.3 is 5.97 Å². The van der Waals surface area contributed by atoms with Crippen LogP contribution in [-0.4, -0.2) is 38.2 Å². The lowest BCUT2D eigenvalue weighted by molar-refractivity contribution is -0.141. The van der Waals surface area contributed by atoms with Crippen molar-refractivity contribution >= 4 is 11.9 Å². The minimum atomic E-state index is -0.734. The van der Waals surface area contributed by atoms with E-state index in [9.17, 15) is 9.59 Å². The topological polar surface area (TPSA) is 90.7 Å². The fourth-order valence-electron chi connectivity index (χ4n) is 2.49. The first-order valence-corrected chi connectivity index (χ1v) is 8.77. The molecule has 0 aliphatic heterocycles. The number of carbonyl (C=O) groups excluding carboxylic acids is 2. The minimum Gasteiger partial charge on any atom is -0.481 e. The number of nitrogens with two attached hydrogens (primary N) is 1. The van der Waals surface area contributed by atoms with Gasteiger partial charge in [0.1, 0.15) is 18.9 Å². The number of hydrogen-bond donors (Lipinski definition) is 2. The summed E-state index contributed by atoms with van der Waals surface area (Å²) >= 11 is 0. The van der Waals surface area contributed by atoms with Crippen LogP contribution in [0, 0.1) is 23.7 Å². The van der Waals surface area contributed by atoms with Crippen LogP contribution in [0.1, 0.15) is 25.3 Å². The number of carbonyl (C=O) groups is 2. The molecule has 1 aliphatic carbocycles. The van der Waals surface area contributed by atoms with Crippen LogP contribution in [-0.2, 0) is 20.7 Å². The molecule has 0 bridgehead atoms. The Morgan fingerprint density at radius 1 is 1.31 bits per heavy atom. The summed E-state index contributed by atoms with van der Waals surface area (Å²) < 4.78 is 10.0. The van der Waals surface area contributed by atoms with Gasteiger partial charge in [0.05, 0.1) is 13.2 Å². The molecule has 1 saturated carbocycles. The number of esters is 1. The van der Waals surface area contributed by atoms with Gasteiger partial charge in [-0.2, -0.15) is 0 Å². The number of rotatable bonds is 8. The van der Waals surface area contributed by atoms with Crippen molar-refractivity contribution in [1.82, 2.24) is 5.32 Å². The number of benzene rings is 1.